The van der Waals surface area contributed by atoms with E-state index in [4.69, 9.17) is 0 Å². The number of nitrogens with zero attached hydrogens (tertiary/aromatic N) is 4. The van der Waals surface area contributed by atoms with E-state index in [0.29, 0.717) is 0 Å². The predicted octanol–water partition coefficient (Wildman–Crippen LogP) is 0.413. The third-order valence-electron chi connectivity index (χ3n) is 3.68. The summed E-state index contributed by atoms with van der Waals surface area (Å²) < 4.78 is 0. The van der Waals surface area contributed by atoms with Gasteiger partial charge in [-0.1, -0.05) is 0 Å². The molecular formula is C12H16N4O. The summed E-state index contributed by atoms with van der Waals surface area (Å²) in [6.07, 6.45) is 5.49. The molecule has 1 saturated heterocycles. The average molecular weight is 232 g/mol. The Hall–Kier alpha value is -1.49. The first-order valence-electron chi connectivity index (χ1n) is 6.02. The van der Waals surface area contributed by atoms with Crippen molar-refractivity contribution >= 4 is 5.91 Å². The molecule has 0 saturated carbocycles. The lowest BCUT2D eigenvalue weighted by Gasteiger charge is -2.34. The summed E-state index contributed by atoms with van der Waals surface area (Å²) in [4.78, 5) is 24.5. The second-order valence-corrected chi connectivity index (χ2v) is 4.82. The highest BCUT2D eigenvalue weighted by molar-refractivity contribution is 5.82. The molecule has 0 aromatic carbocycles. The standard InChI is InChI=1S/C12H16N4O/c1-15-4-2-3-11(12(15)17)16-6-9-5-13-8-14-10(9)7-16/h5,8,11H,2-4,6-7H2,1H3. The van der Waals surface area contributed by atoms with Crippen LogP contribution in [-0.4, -0.2) is 45.3 Å². The van der Waals surface area contributed by atoms with Gasteiger partial charge in [0.15, 0.2) is 0 Å². The number of hydrogen-bond donors (Lipinski definition) is 0. The minimum atomic E-state index is 0.0305. The number of piperidine rings is 1. The van der Waals surface area contributed by atoms with Gasteiger partial charge >= 0.3 is 0 Å². The molecule has 0 bridgehead atoms. The third kappa shape index (κ3) is 1.80. The van der Waals surface area contributed by atoms with Crippen LogP contribution < -0.4 is 0 Å². The van der Waals surface area contributed by atoms with Crippen LogP contribution in [0.25, 0.3) is 0 Å². The maximum Gasteiger partial charge on any atom is 0.239 e. The molecular weight excluding hydrogens is 216 g/mol. The van der Waals surface area contributed by atoms with E-state index < -0.39 is 0 Å². The highest BCUT2D eigenvalue weighted by Gasteiger charge is 2.34. The van der Waals surface area contributed by atoms with E-state index in [1.54, 1.807) is 6.33 Å². The van der Waals surface area contributed by atoms with E-state index in [9.17, 15) is 4.79 Å². The smallest absolute Gasteiger partial charge is 0.239 e. The van der Waals surface area contributed by atoms with Crippen molar-refractivity contribution in [3.63, 3.8) is 0 Å². The number of aromatic nitrogens is 2. The quantitative estimate of drug-likeness (QED) is 0.704. The van der Waals surface area contributed by atoms with E-state index in [0.717, 1.165) is 43.7 Å². The second-order valence-electron chi connectivity index (χ2n) is 4.82. The fourth-order valence-electron chi connectivity index (χ4n) is 2.69. The van der Waals surface area contributed by atoms with Crippen molar-refractivity contribution in [3.05, 3.63) is 23.8 Å². The van der Waals surface area contributed by atoms with Gasteiger partial charge in [-0.2, -0.15) is 0 Å². The van der Waals surface area contributed by atoms with Crippen molar-refractivity contribution in [2.45, 2.75) is 32.0 Å². The first kappa shape index (κ1) is 10.7. The Balaban J connectivity index is 1.78. The molecule has 0 aliphatic carbocycles. The van der Waals surface area contributed by atoms with Gasteiger partial charge < -0.3 is 4.90 Å². The maximum atomic E-state index is 12.1. The Bertz CT molecular complexity index is 423. The SMILES string of the molecule is CN1CCCC(N2Cc3cncnc3C2)C1=O. The number of fused-ring (bicyclic) bond motifs is 1. The van der Waals surface area contributed by atoms with Crippen molar-refractivity contribution in [2.75, 3.05) is 13.6 Å². The van der Waals surface area contributed by atoms with Crippen molar-refractivity contribution in [1.82, 2.24) is 19.8 Å². The molecule has 2 aliphatic rings. The number of likely N-dealkylation sites (tertiary alicyclic amines) is 1. The lowest BCUT2D eigenvalue weighted by Crippen LogP contribution is -2.49. The van der Waals surface area contributed by atoms with Gasteiger partial charge in [-0.3, -0.25) is 9.69 Å². The van der Waals surface area contributed by atoms with Gasteiger partial charge in [-0.25, -0.2) is 9.97 Å². The number of carbonyl (C=O) groups is 1. The third-order valence-corrected chi connectivity index (χ3v) is 3.68. The molecule has 1 atom stereocenters. The van der Waals surface area contributed by atoms with Crippen molar-refractivity contribution in [1.29, 1.82) is 0 Å². The summed E-state index contributed by atoms with van der Waals surface area (Å²) in [5, 5.41) is 0. The van der Waals surface area contributed by atoms with Gasteiger partial charge in [0, 0.05) is 38.4 Å². The van der Waals surface area contributed by atoms with E-state index in [1.165, 1.54) is 0 Å². The van der Waals surface area contributed by atoms with E-state index in [2.05, 4.69) is 14.9 Å². The molecule has 0 radical (unpaired) electrons. The molecule has 3 rings (SSSR count). The number of rotatable bonds is 1. The van der Waals surface area contributed by atoms with E-state index in [-0.39, 0.29) is 11.9 Å². The Kier molecular flexibility index (Phi) is 2.55. The summed E-state index contributed by atoms with van der Waals surface area (Å²) >= 11 is 0. The minimum Gasteiger partial charge on any atom is -0.344 e. The molecule has 1 aromatic rings. The summed E-state index contributed by atoms with van der Waals surface area (Å²) in [6.45, 7) is 2.47. The zero-order chi connectivity index (χ0) is 11.8. The fraction of sp³-hybridized carbons (Fsp3) is 0.583. The van der Waals surface area contributed by atoms with Crippen LogP contribution in [0.1, 0.15) is 24.1 Å². The Morgan fingerprint density at radius 3 is 3.12 bits per heavy atom. The van der Waals surface area contributed by atoms with Gasteiger partial charge in [0.25, 0.3) is 0 Å². The first-order chi connectivity index (χ1) is 8.25. The van der Waals surface area contributed by atoms with Crippen LogP contribution in [0, 0.1) is 0 Å². The molecule has 2 aliphatic heterocycles. The van der Waals surface area contributed by atoms with Crippen LogP contribution in [0.2, 0.25) is 0 Å². The highest BCUT2D eigenvalue weighted by Crippen LogP contribution is 2.26. The Morgan fingerprint density at radius 2 is 2.29 bits per heavy atom. The number of hydrogen-bond acceptors (Lipinski definition) is 4. The van der Waals surface area contributed by atoms with Crippen LogP contribution in [0.5, 0.6) is 0 Å². The average Bonchev–Trinajstić information content (AvgIpc) is 2.76. The van der Waals surface area contributed by atoms with Gasteiger partial charge in [-0.05, 0) is 12.8 Å². The van der Waals surface area contributed by atoms with Crippen LogP contribution in [0.3, 0.4) is 0 Å². The largest absolute Gasteiger partial charge is 0.344 e. The van der Waals surface area contributed by atoms with Crippen molar-refractivity contribution in [3.8, 4) is 0 Å². The normalized spacial score (nSPS) is 25.1. The van der Waals surface area contributed by atoms with E-state index in [1.807, 2.05) is 18.1 Å². The van der Waals surface area contributed by atoms with Crippen LogP contribution in [0.15, 0.2) is 12.5 Å². The zero-order valence-electron chi connectivity index (χ0n) is 9.96. The van der Waals surface area contributed by atoms with Gasteiger partial charge in [0.1, 0.15) is 6.33 Å². The summed E-state index contributed by atoms with van der Waals surface area (Å²) in [7, 11) is 1.89. The monoisotopic (exact) mass is 232 g/mol. The summed E-state index contributed by atoms with van der Waals surface area (Å²) in [6, 6.07) is 0.0305. The van der Waals surface area contributed by atoms with Crippen LogP contribution >= 0.6 is 0 Å². The van der Waals surface area contributed by atoms with Gasteiger partial charge in [0.05, 0.1) is 11.7 Å². The molecule has 3 heterocycles. The molecule has 1 amide bonds. The van der Waals surface area contributed by atoms with Gasteiger partial charge in [-0.15, -0.1) is 0 Å². The maximum absolute atomic E-state index is 12.1. The van der Waals surface area contributed by atoms with Crippen molar-refractivity contribution < 1.29 is 4.79 Å². The van der Waals surface area contributed by atoms with Gasteiger partial charge in [0.2, 0.25) is 5.91 Å². The minimum absolute atomic E-state index is 0.0305. The van der Waals surface area contributed by atoms with Crippen molar-refractivity contribution in [2.24, 2.45) is 0 Å². The molecule has 90 valence electrons. The van der Waals surface area contributed by atoms with Crippen LogP contribution in [-0.2, 0) is 17.9 Å². The Labute approximate surface area is 100 Å². The summed E-state index contributed by atoms with van der Waals surface area (Å²) in [5.41, 5.74) is 2.23. The molecule has 1 unspecified atom stereocenters. The molecule has 17 heavy (non-hydrogen) atoms. The molecule has 5 heteroatoms. The topological polar surface area (TPSA) is 49.3 Å². The second kappa shape index (κ2) is 4.07. The van der Waals surface area contributed by atoms with E-state index >= 15 is 0 Å². The van der Waals surface area contributed by atoms with Crippen LogP contribution in [0.4, 0.5) is 0 Å². The lowest BCUT2D eigenvalue weighted by molar-refractivity contribution is -0.138. The fourth-order valence-corrected chi connectivity index (χ4v) is 2.69. The molecule has 1 aromatic heterocycles. The predicted molar refractivity (Wildman–Crippen MR) is 61.9 cm³/mol. The summed E-state index contributed by atoms with van der Waals surface area (Å²) in [5.74, 6) is 0.247. The highest BCUT2D eigenvalue weighted by atomic mass is 16.2. The first-order valence-corrected chi connectivity index (χ1v) is 6.02. The number of carbonyl (C=O) groups excluding carboxylic acids is 1. The zero-order valence-corrected chi connectivity index (χ0v) is 9.96. The lowest BCUT2D eigenvalue weighted by atomic mass is 10.0. The molecule has 0 N–H and O–H groups in total. The Morgan fingerprint density at radius 1 is 1.41 bits per heavy atom. The molecule has 5 nitrogen and oxygen atoms in total. The number of likely N-dealkylation sites (N-methyl/N-ethyl adjacent to an activating group) is 1. The number of amides is 1. The molecule has 0 spiro atoms. The molecule has 1 fully saturated rings.